The molecule has 1 aromatic carbocycles. The van der Waals surface area contributed by atoms with Gasteiger partial charge in [0.25, 0.3) is 0 Å². The number of hydrogen-bond donors (Lipinski definition) is 0. The molecule has 5 heteroatoms. The van der Waals surface area contributed by atoms with E-state index in [-0.39, 0.29) is 0 Å². The Morgan fingerprint density at radius 3 is 2.93 bits per heavy atom. The van der Waals surface area contributed by atoms with E-state index >= 15 is 0 Å². The molecule has 0 aliphatic rings. The highest BCUT2D eigenvalue weighted by molar-refractivity contribution is 5.19. The summed E-state index contributed by atoms with van der Waals surface area (Å²) in [5.74, 6) is 0. The fraction of sp³-hybridized carbons (Fsp3) is 0.222. The molecular formula is C9H10N4O. The van der Waals surface area contributed by atoms with Gasteiger partial charge in [-0.05, 0) is 11.3 Å². The van der Waals surface area contributed by atoms with E-state index < -0.39 is 0 Å². The lowest BCUT2D eigenvalue weighted by atomic mass is 10.3. The zero-order valence-corrected chi connectivity index (χ0v) is 7.79. The molecule has 0 atom stereocenters. The summed E-state index contributed by atoms with van der Waals surface area (Å²) in [4.78, 5) is 5.40. The summed E-state index contributed by atoms with van der Waals surface area (Å²) in [7, 11) is 0. The Bertz CT molecular complexity index is 457. The van der Waals surface area contributed by atoms with Crippen molar-refractivity contribution in [2.45, 2.75) is 6.92 Å². The van der Waals surface area contributed by atoms with Gasteiger partial charge in [0.15, 0.2) is 0 Å². The highest BCUT2D eigenvalue weighted by Crippen LogP contribution is 1.93. The third-order valence-corrected chi connectivity index (χ3v) is 1.66. The molecule has 0 saturated heterocycles. The van der Waals surface area contributed by atoms with E-state index in [1.165, 1.54) is 4.80 Å². The van der Waals surface area contributed by atoms with Crippen LogP contribution in [0.25, 0.3) is 5.69 Å². The predicted octanol–water partition coefficient (Wildman–Crippen LogP) is -0.171. The summed E-state index contributed by atoms with van der Waals surface area (Å²) in [6.45, 7) is 2.55. The molecule has 0 unspecified atom stereocenters. The lowest BCUT2D eigenvalue weighted by Gasteiger charge is -1.85. The van der Waals surface area contributed by atoms with Gasteiger partial charge >= 0.3 is 0 Å². The van der Waals surface area contributed by atoms with E-state index in [4.69, 9.17) is 4.52 Å². The van der Waals surface area contributed by atoms with Gasteiger partial charge in [-0.3, -0.25) is 0 Å². The number of benzene rings is 1. The lowest BCUT2D eigenvalue weighted by Crippen LogP contribution is -2.40. The molecule has 0 N–H and O–H groups in total. The molecule has 72 valence electrons. The summed E-state index contributed by atoms with van der Waals surface area (Å²) in [5, 5.41) is 7.78. The Morgan fingerprint density at radius 2 is 2.21 bits per heavy atom. The number of nitrogens with zero attached hydrogens (tertiary/aromatic N) is 4. The third kappa shape index (κ3) is 1.71. The molecule has 0 aliphatic carbocycles. The van der Waals surface area contributed by atoms with Crippen LogP contribution in [-0.2, 0) is 0 Å². The average Bonchev–Trinajstić information content (AvgIpc) is 2.68. The molecule has 0 amide bonds. The van der Waals surface area contributed by atoms with Crippen LogP contribution in [0, 0.1) is 0 Å². The molecule has 5 nitrogen and oxygen atoms in total. The highest BCUT2D eigenvalue weighted by Gasteiger charge is 2.03. The maximum absolute atomic E-state index is 4.89. The minimum absolute atomic E-state index is 0.302. The first kappa shape index (κ1) is 8.68. The molecule has 1 aromatic heterocycles. The Labute approximate surface area is 80.7 Å². The maximum Gasteiger partial charge on any atom is 0.247 e. The number of rotatable bonds is 2. The van der Waals surface area contributed by atoms with Gasteiger partial charge in [0.1, 0.15) is 0 Å². The van der Waals surface area contributed by atoms with Crippen LogP contribution in [0.15, 0.2) is 39.8 Å². The standard InChI is InChI=1S/C9H10N4O/c1-2-10-9-11-13(12-14-9)8-6-4-3-5-7-8/h3-7H,2H2,1H3. The molecule has 0 aliphatic heterocycles. The Hall–Kier alpha value is -1.91. The van der Waals surface area contributed by atoms with Crippen LogP contribution in [0.5, 0.6) is 0 Å². The number of hydrogen-bond acceptors (Lipinski definition) is 3. The lowest BCUT2D eigenvalue weighted by molar-refractivity contribution is -0.730. The molecule has 2 rings (SSSR count). The summed E-state index contributed by atoms with van der Waals surface area (Å²) in [5.41, 5.74) is 1.16. The highest BCUT2D eigenvalue weighted by atomic mass is 16.5. The van der Waals surface area contributed by atoms with Crippen LogP contribution >= 0.6 is 0 Å². The van der Waals surface area contributed by atoms with E-state index in [0.29, 0.717) is 12.2 Å². The van der Waals surface area contributed by atoms with Gasteiger partial charge in [-0.15, -0.1) is 0 Å². The Balaban J connectivity index is 2.39. The van der Waals surface area contributed by atoms with Crippen molar-refractivity contribution in [1.29, 1.82) is 0 Å². The maximum atomic E-state index is 4.89. The van der Waals surface area contributed by atoms with E-state index in [9.17, 15) is 0 Å². The minimum atomic E-state index is 0.302. The fourth-order valence-electron chi connectivity index (χ4n) is 1.05. The average molecular weight is 190 g/mol. The van der Waals surface area contributed by atoms with Crippen LogP contribution in [0.2, 0.25) is 0 Å². The van der Waals surface area contributed by atoms with Crippen LogP contribution in [0.3, 0.4) is 0 Å². The van der Waals surface area contributed by atoms with Crippen LogP contribution < -0.4 is 15.6 Å². The Morgan fingerprint density at radius 1 is 1.43 bits per heavy atom. The summed E-state index contributed by atoms with van der Waals surface area (Å²) in [6.07, 6.45) is 0. The second kappa shape index (κ2) is 3.87. The van der Waals surface area contributed by atoms with Crippen molar-refractivity contribution in [2.75, 3.05) is 6.54 Å². The topological polar surface area (TPSA) is 56.4 Å². The molecule has 0 fully saturated rings. The van der Waals surface area contributed by atoms with Gasteiger partial charge in [-0.2, -0.15) is 0 Å². The monoisotopic (exact) mass is 190 g/mol. The molecule has 0 spiro atoms. The number of aromatic nitrogens is 3. The molecule has 0 bridgehead atoms. The molecule has 1 heterocycles. The van der Waals surface area contributed by atoms with E-state index in [2.05, 4.69) is 15.4 Å². The van der Waals surface area contributed by atoms with Crippen LogP contribution in [-0.4, -0.2) is 11.8 Å². The van der Waals surface area contributed by atoms with Crippen molar-refractivity contribution >= 4 is 0 Å². The second-order valence-electron chi connectivity index (χ2n) is 2.65. The van der Waals surface area contributed by atoms with E-state index in [1.807, 2.05) is 37.3 Å². The molecule has 14 heavy (non-hydrogen) atoms. The molecule has 0 saturated carbocycles. The molecular weight excluding hydrogens is 180 g/mol. The van der Waals surface area contributed by atoms with Crippen molar-refractivity contribution < 1.29 is 9.32 Å². The van der Waals surface area contributed by atoms with Gasteiger partial charge in [0.05, 0.1) is 5.27 Å². The van der Waals surface area contributed by atoms with Crippen LogP contribution in [0.1, 0.15) is 6.92 Å². The Kier molecular flexibility index (Phi) is 2.40. The zero-order chi connectivity index (χ0) is 9.80. The fourth-order valence-corrected chi connectivity index (χ4v) is 1.05. The molecule has 2 aromatic rings. The normalized spacial score (nSPS) is 11.9. The minimum Gasteiger partial charge on any atom is -0.361 e. The van der Waals surface area contributed by atoms with Gasteiger partial charge < -0.3 is 9.52 Å². The van der Waals surface area contributed by atoms with Gasteiger partial charge in [0, 0.05) is 12.1 Å². The smallest absolute Gasteiger partial charge is 0.247 e. The molecule has 0 radical (unpaired) electrons. The SMILES string of the molecule is CCN=c1[n-][n+](-c2ccccc2)no1. The summed E-state index contributed by atoms with van der Waals surface area (Å²) < 4.78 is 4.89. The van der Waals surface area contributed by atoms with Crippen LogP contribution in [0.4, 0.5) is 0 Å². The second-order valence-corrected chi connectivity index (χ2v) is 2.65. The van der Waals surface area contributed by atoms with Crippen molar-refractivity contribution in [3.8, 4) is 5.69 Å². The van der Waals surface area contributed by atoms with Gasteiger partial charge in [-0.1, -0.05) is 30.2 Å². The third-order valence-electron chi connectivity index (χ3n) is 1.66. The first-order chi connectivity index (χ1) is 6.90. The first-order valence-electron chi connectivity index (χ1n) is 4.39. The van der Waals surface area contributed by atoms with Gasteiger partial charge in [0.2, 0.25) is 11.4 Å². The van der Waals surface area contributed by atoms with Gasteiger partial charge in [-0.25, -0.2) is 0 Å². The van der Waals surface area contributed by atoms with Crippen molar-refractivity contribution in [2.24, 2.45) is 4.99 Å². The van der Waals surface area contributed by atoms with E-state index in [0.717, 1.165) is 5.69 Å². The predicted molar refractivity (Wildman–Crippen MR) is 47.5 cm³/mol. The quantitative estimate of drug-likeness (QED) is 0.618. The number of para-hydroxylation sites is 1. The summed E-state index contributed by atoms with van der Waals surface area (Å²) in [6, 6.07) is 9.54. The zero-order valence-electron chi connectivity index (χ0n) is 7.79. The van der Waals surface area contributed by atoms with Crippen molar-refractivity contribution in [3.63, 3.8) is 0 Å². The largest absolute Gasteiger partial charge is 0.361 e. The first-order valence-corrected chi connectivity index (χ1v) is 4.39. The van der Waals surface area contributed by atoms with Crippen molar-refractivity contribution in [1.82, 2.24) is 10.4 Å². The van der Waals surface area contributed by atoms with Crippen molar-refractivity contribution in [3.05, 3.63) is 36.0 Å². The van der Waals surface area contributed by atoms with E-state index in [1.54, 1.807) is 0 Å². The summed E-state index contributed by atoms with van der Waals surface area (Å²) >= 11 is 0.